The average Bonchev–Trinajstić information content (AvgIpc) is 3.28. The number of nitrogens with one attached hydrogen (secondary N) is 2. The van der Waals surface area contributed by atoms with Gasteiger partial charge in [-0.05, 0) is 42.2 Å². The number of hydrogen-bond acceptors (Lipinski definition) is 4. The van der Waals surface area contributed by atoms with E-state index < -0.39 is 0 Å². The second-order valence-electron chi connectivity index (χ2n) is 8.57. The summed E-state index contributed by atoms with van der Waals surface area (Å²) >= 11 is 0. The number of carbonyl (C=O) groups is 1. The van der Waals surface area contributed by atoms with E-state index in [0.717, 1.165) is 76.1 Å². The van der Waals surface area contributed by atoms with Crippen molar-refractivity contribution >= 4 is 17.6 Å². The number of rotatable bonds is 8. The molecule has 2 N–H and O–H groups in total. The van der Waals surface area contributed by atoms with Gasteiger partial charge >= 0.3 is 0 Å². The summed E-state index contributed by atoms with van der Waals surface area (Å²) in [6, 6.07) is 16.9. The van der Waals surface area contributed by atoms with Crippen LogP contribution < -0.4 is 15.5 Å². The van der Waals surface area contributed by atoms with Crippen molar-refractivity contribution in [1.82, 2.24) is 15.5 Å². The second kappa shape index (κ2) is 11.8. The van der Waals surface area contributed by atoms with Crippen LogP contribution in [0, 0.1) is 0 Å². The molecule has 1 amide bonds. The molecule has 0 unspecified atom stereocenters. The fourth-order valence-electron chi connectivity index (χ4n) is 4.18. The highest BCUT2D eigenvalue weighted by Gasteiger charge is 2.21. The first kappa shape index (κ1) is 23.3. The van der Waals surface area contributed by atoms with Crippen molar-refractivity contribution < 1.29 is 9.53 Å². The van der Waals surface area contributed by atoms with Crippen molar-refractivity contribution in [3.8, 4) is 0 Å². The van der Waals surface area contributed by atoms with Gasteiger partial charge in [0.2, 0.25) is 5.91 Å². The highest BCUT2D eigenvalue weighted by molar-refractivity contribution is 5.95. The Hall–Kier alpha value is -2.90. The maximum atomic E-state index is 11.9. The van der Waals surface area contributed by atoms with Crippen LogP contribution in [0.3, 0.4) is 0 Å². The molecule has 33 heavy (non-hydrogen) atoms. The molecule has 2 aromatic carbocycles. The van der Waals surface area contributed by atoms with Gasteiger partial charge in [-0.15, -0.1) is 0 Å². The first-order valence-corrected chi connectivity index (χ1v) is 12.0. The lowest BCUT2D eigenvalue weighted by Gasteiger charge is -2.26. The summed E-state index contributed by atoms with van der Waals surface area (Å²) in [5.41, 5.74) is 4.66. The van der Waals surface area contributed by atoms with Crippen molar-refractivity contribution in [2.75, 3.05) is 44.3 Å². The van der Waals surface area contributed by atoms with Crippen molar-refractivity contribution in [2.45, 2.75) is 39.4 Å². The number of aliphatic imine (C=N–C) groups is 1. The number of amides is 1. The van der Waals surface area contributed by atoms with Gasteiger partial charge in [0.15, 0.2) is 5.96 Å². The fourth-order valence-corrected chi connectivity index (χ4v) is 4.18. The molecular weight excluding hydrogens is 414 g/mol. The number of nitrogens with zero attached hydrogens (tertiary/aromatic N) is 3. The molecule has 0 aliphatic carbocycles. The summed E-state index contributed by atoms with van der Waals surface area (Å²) in [5.74, 6) is 1.02. The number of guanidine groups is 1. The Labute approximate surface area is 196 Å². The molecule has 0 spiro atoms. The zero-order valence-electron chi connectivity index (χ0n) is 19.6. The van der Waals surface area contributed by atoms with E-state index in [9.17, 15) is 4.79 Å². The Morgan fingerprint density at radius 2 is 1.64 bits per heavy atom. The Morgan fingerprint density at radius 1 is 0.939 bits per heavy atom. The van der Waals surface area contributed by atoms with E-state index in [2.05, 4.69) is 58.9 Å². The fraction of sp³-hybridized carbons (Fsp3) is 0.462. The Bertz CT molecular complexity index is 921. The summed E-state index contributed by atoms with van der Waals surface area (Å²) in [4.78, 5) is 21.0. The number of carbonyl (C=O) groups excluding carboxylic acids is 1. The minimum absolute atomic E-state index is 0.216. The van der Waals surface area contributed by atoms with Crippen molar-refractivity contribution in [2.24, 2.45) is 4.99 Å². The third-order valence-corrected chi connectivity index (χ3v) is 6.08. The quantitative estimate of drug-likeness (QED) is 0.479. The van der Waals surface area contributed by atoms with Crippen molar-refractivity contribution in [1.29, 1.82) is 0 Å². The van der Waals surface area contributed by atoms with Crippen LogP contribution >= 0.6 is 0 Å². The molecule has 2 fully saturated rings. The van der Waals surface area contributed by atoms with Crippen LogP contribution in [0.5, 0.6) is 0 Å². The van der Waals surface area contributed by atoms with Gasteiger partial charge in [-0.1, -0.05) is 36.4 Å². The monoisotopic (exact) mass is 449 g/mol. The van der Waals surface area contributed by atoms with Gasteiger partial charge in [0, 0.05) is 51.4 Å². The minimum Gasteiger partial charge on any atom is -0.379 e. The van der Waals surface area contributed by atoms with Crippen LogP contribution in [-0.2, 0) is 29.2 Å². The molecule has 4 rings (SSSR count). The largest absolute Gasteiger partial charge is 0.379 e. The molecule has 0 atom stereocenters. The predicted octanol–water partition coefficient (Wildman–Crippen LogP) is 2.90. The van der Waals surface area contributed by atoms with E-state index in [4.69, 9.17) is 9.73 Å². The summed E-state index contributed by atoms with van der Waals surface area (Å²) in [5, 5.41) is 6.75. The molecule has 0 bridgehead atoms. The van der Waals surface area contributed by atoms with Gasteiger partial charge in [0.25, 0.3) is 0 Å². The number of morpholine rings is 1. The Balaban J connectivity index is 1.28. The zero-order valence-corrected chi connectivity index (χ0v) is 19.6. The number of benzene rings is 2. The van der Waals surface area contributed by atoms with Gasteiger partial charge in [0.1, 0.15) is 0 Å². The van der Waals surface area contributed by atoms with Gasteiger partial charge in [-0.3, -0.25) is 9.69 Å². The van der Waals surface area contributed by atoms with Crippen molar-refractivity contribution in [3.63, 3.8) is 0 Å². The minimum atomic E-state index is 0.216. The molecule has 2 heterocycles. The van der Waals surface area contributed by atoms with E-state index in [1.165, 1.54) is 11.1 Å². The van der Waals surface area contributed by atoms with Crippen LogP contribution in [0.4, 0.5) is 5.69 Å². The Kier molecular flexibility index (Phi) is 8.33. The van der Waals surface area contributed by atoms with E-state index >= 15 is 0 Å². The number of ether oxygens (including phenoxy) is 1. The first-order valence-electron chi connectivity index (χ1n) is 12.0. The molecule has 2 aliphatic rings. The van der Waals surface area contributed by atoms with Crippen LogP contribution in [0.15, 0.2) is 53.5 Å². The molecule has 7 heteroatoms. The highest BCUT2D eigenvalue weighted by Crippen LogP contribution is 2.21. The van der Waals surface area contributed by atoms with Crippen LogP contribution in [0.25, 0.3) is 0 Å². The lowest BCUT2D eigenvalue weighted by Crippen LogP contribution is -2.36. The first-order chi connectivity index (χ1) is 16.2. The molecule has 0 aromatic heterocycles. The van der Waals surface area contributed by atoms with Gasteiger partial charge in [0.05, 0.1) is 19.8 Å². The van der Waals surface area contributed by atoms with E-state index in [1.807, 2.05) is 17.0 Å². The second-order valence-corrected chi connectivity index (χ2v) is 8.57. The lowest BCUT2D eigenvalue weighted by molar-refractivity contribution is -0.117. The van der Waals surface area contributed by atoms with E-state index in [-0.39, 0.29) is 5.91 Å². The number of hydrogen-bond donors (Lipinski definition) is 2. The lowest BCUT2D eigenvalue weighted by atomic mass is 10.1. The molecule has 2 aliphatic heterocycles. The summed E-state index contributed by atoms with van der Waals surface area (Å²) in [6.45, 7) is 9.65. The van der Waals surface area contributed by atoms with Gasteiger partial charge in [-0.25, -0.2) is 4.99 Å². The molecule has 0 saturated carbocycles. The third-order valence-electron chi connectivity index (χ3n) is 6.08. The predicted molar refractivity (Wildman–Crippen MR) is 132 cm³/mol. The van der Waals surface area contributed by atoms with Gasteiger partial charge < -0.3 is 20.3 Å². The summed E-state index contributed by atoms with van der Waals surface area (Å²) < 4.78 is 5.43. The maximum absolute atomic E-state index is 11.9. The third kappa shape index (κ3) is 6.79. The summed E-state index contributed by atoms with van der Waals surface area (Å²) in [6.07, 6.45) is 1.60. The van der Waals surface area contributed by atoms with Crippen LogP contribution in [-0.4, -0.2) is 56.2 Å². The zero-order chi connectivity index (χ0) is 22.9. The smallest absolute Gasteiger partial charge is 0.227 e. The topological polar surface area (TPSA) is 69.2 Å². The summed E-state index contributed by atoms with van der Waals surface area (Å²) in [7, 11) is 0. The Morgan fingerprint density at radius 3 is 2.30 bits per heavy atom. The molecule has 2 aromatic rings. The van der Waals surface area contributed by atoms with Crippen molar-refractivity contribution in [3.05, 3.63) is 65.2 Å². The van der Waals surface area contributed by atoms with E-state index in [0.29, 0.717) is 13.0 Å². The SMILES string of the molecule is CCNC(=NCc1ccc(N2CCCC2=O)cc1)NCc1ccc(CN2CCOCC2)cc1. The molecule has 176 valence electrons. The molecule has 7 nitrogen and oxygen atoms in total. The van der Waals surface area contributed by atoms with E-state index in [1.54, 1.807) is 0 Å². The van der Waals surface area contributed by atoms with Crippen LogP contribution in [0.2, 0.25) is 0 Å². The normalized spacial score (nSPS) is 17.4. The van der Waals surface area contributed by atoms with Gasteiger partial charge in [-0.2, -0.15) is 0 Å². The molecular formula is C26H35N5O2. The standard InChI is InChI=1S/C26H35N5O2/c1-2-27-26(29-19-22-9-11-24(12-10-22)31-13-3-4-25(31)32)28-18-21-5-7-23(8-6-21)20-30-14-16-33-17-15-30/h5-12H,2-4,13-20H2,1H3,(H2,27,28,29). The number of anilines is 1. The highest BCUT2D eigenvalue weighted by atomic mass is 16.5. The maximum Gasteiger partial charge on any atom is 0.227 e. The molecule has 0 radical (unpaired) electrons. The molecule has 2 saturated heterocycles. The average molecular weight is 450 g/mol. The van der Waals surface area contributed by atoms with Crippen LogP contribution in [0.1, 0.15) is 36.5 Å².